The summed E-state index contributed by atoms with van der Waals surface area (Å²) in [7, 11) is 0. The Labute approximate surface area is 61.2 Å². The Bertz CT molecular complexity index is 228. The Morgan fingerprint density at radius 1 is 1.30 bits per heavy atom. The van der Waals surface area contributed by atoms with E-state index in [2.05, 4.69) is 6.58 Å². The van der Waals surface area contributed by atoms with Crippen molar-refractivity contribution in [3.8, 4) is 0 Å². The van der Waals surface area contributed by atoms with Gasteiger partial charge < -0.3 is 5.73 Å². The maximum Gasteiger partial charge on any atom is 0.0352 e. The van der Waals surface area contributed by atoms with Crippen LogP contribution < -0.4 is 5.73 Å². The molecule has 0 aromatic heterocycles. The second-order valence-electron chi connectivity index (χ2n) is 2.03. The van der Waals surface area contributed by atoms with Crippen LogP contribution in [0.4, 0.5) is 5.69 Å². The van der Waals surface area contributed by atoms with Crippen LogP contribution in [0.15, 0.2) is 36.9 Å². The van der Waals surface area contributed by atoms with Crippen molar-refractivity contribution in [2.45, 2.75) is 0 Å². The zero-order chi connectivity index (χ0) is 7.40. The topological polar surface area (TPSA) is 26.0 Å². The minimum absolute atomic E-state index is 0.794. The molecule has 0 aliphatic heterocycles. The molecule has 0 aliphatic carbocycles. The molecule has 1 aromatic carbocycles. The molecule has 0 spiro atoms. The fraction of sp³-hybridized carbons (Fsp3) is 0. The number of anilines is 1. The third-order valence-corrected chi connectivity index (χ3v) is 1.29. The van der Waals surface area contributed by atoms with Crippen molar-refractivity contribution in [1.29, 1.82) is 0 Å². The van der Waals surface area contributed by atoms with Crippen LogP contribution in [0.1, 0.15) is 5.56 Å². The zero-order valence-corrected chi connectivity index (χ0v) is 5.75. The minimum Gasteiger partial charge on any atom is -0.398 e. The van der Waals surface area contributed by atoms with Gasteiger partial charge in [0.05, 0.1) is 0 Å². The monoisotopic (exact) mass is 132 g/mol. The van der Waals surface area contributed by atoms with Gasteiger partial charge in [0.1, 0.15) is 0 Å². The summed E-state index contributed by atoms with van der Waals surface area (Å²) in [5.74, 6) is 0. The summed E-state index contributed by atoms with van der Waals surface area (Å²) in [4.78, 5) is 0. The molecule has 2 N–H and O–H groups in total. The molecular weight excluding hydrogens is 122 g/mol. The molecule has 0 unspecified atom stereocenters. The molecule has 1 heteroatoms. The lowest BCUT2D eigenvalue weighted by atomic mass is 10.1. The molecule has 0 saturated heterocycles. The van der Waals surface area contributed by atoms with Crippen molar-refractivity contribution in [1.82, 2.24) is 0 Å². The predicted molar refractivity (Wildman–Crippen MR) is 44.5 cm³/mol. The molecule has 51 valence electrons. The molecule has 1 aromatic rings. The van der Waals surface area contributed by atoms with Crippen molar-refractivity contribution in [2.75, 3.05) is 5.73 Å². The van der Waals surface area contributed by atoms with Crippen LogP contribution in [0.2, 0.25) is 0 Å². The lowest BCUT2D eigenvalue weighted by molar-refractivity contribution is 1.52. The quantitative estimate of drug-likeness (QED) is 0.612. The average Bonchev–Trinajstić information content (AvgIpc) is 1.94. The van der Waals surface area contributed by atoms with Crippen LogP contribution in [-0.2, 0) is 0 Å². The van der Waals surface area contributed by atoms with Gasteiger partial charge in [0, 0.05) is 12.1 Å². The van der Waals surface area contributed by atoms with Gasteiger partial charge in [-0.05, 0) is 11.6 Å². The highest BCUT2D eigenvalue weighted by atomic mass is 14.5. The molecule has 0 atom stereocenters. The summed E-state index contributed by atoms with van der Waals surface area (Å²) in [5.41, 5.74) is 7.45. The van der Waals surface area contributed by atoms with Gasteiger partial charge in [-0.15, -0.1) is 6.58 Å². The zero-order valence-electron chi connectivity index (χ0n) is 5.75. The smallest absolute Gasteiger partial charge is 0.0352 e. The van der Waals surface area contributed by atoms with E-state index in [1.165, 1.54) is 0 Å². The largest absolute Gasteiger partial charge is 0.398 e. The Balaban J connectivity index is 2.91. The standard InChI is InChI=1S/C9H10N/c1-2-5-8-6-3-4-7-9(8)10/h2-7H,1,10H2. The van der Waals surface area contributed by atoms with E-state index in [-0.39, 0.29) is 0 Å². The van der Waals surface area contributed by atoms with Gasteiger partial charge >= 0.3 is 0 Å². The first-order valence-corrected chi connectivity index (χ1v) is 3.15. The van der Waals surface area contributed by atoms with Gasteiger partial charge in [0.15, 0.2) is 0 Å². The number of hydrogen-bond acceptors (Lipinski definition) is 1. The van der Waals surface area contributed by atoms with Crippen molar-refractivity contribution >= 4 is 5.69 Å². The molecule has 0 fully saturated rings. The first-order valence-electron chi connectivity index (χ1n) is 3.15. The Morgan fingerprint density at radius 2 is 2.00 bits per heavy atom. The predicted octanol–water partition coefficient (Wildman–Crippen LogP) is 2.01. The van der Waals surface area contributed by atoms with Gasteiger partial charge in [0.25, 0.3) is 0 Å². The van der Waals surface area contributed by atoms with E-state index in [0.29, 0.717) is 0 Å². The summed E-state index contributed by atoms with van der Waals surface area (Å²) in [5, 5.41) is 0. The van der Waals surface area contributed by atoms with E-state index in [4.69, 9.17) is 5.73 Å². The summed E-state index contributed by atoms with van der Waals surface area (Å²) < 4.78 is 0. The SMILES string of the molecule is C=C[CH]c1ccccc1N. The van der Waals surface area contributed by atoms with E-state index in [9.17, 15) is 0 Å². The third kappa shape index (κ3) is 1.38. The molecule has 0 aliphatic rings. The van der Waals surface area contributed by atoms with Crippen molar-refractivity contribution in [3.05, 3.63) is 48.9 Å². The number of hydrogen-bond donors (Lipinski definition) is 1. The summed E-state index contributed by atoms with van der Waals surface area (Å²) in [6.45, 7) is 3.59. The third-order valence-electron chi connectivity index (χ3n) is 1.29. The van der Waals surface area contributed by atoms with Gasteiger partial charge in [0.2, 0.25) is 0 Å². The highest BCUT2D eigenvalue weighted by Gasteiger charge is 1.92. The summed E-state index contributed by atoms with van der Waals surface area (Å²) in [6, 6.07) is 7.69. The molecule has 0 heterocycles. The van der Waals surface area contributed by atoms with E-state index in [1.54, 1.807) is 6.08 Å². The van der Waals surface area contributed by atoms with Gasteiger partial charge in [-0.25, -0.2) is 0 Å². The first-order chi connectivity index (χ1) is 4.84. The highest BCUT2D eigenvalue weighted by molar-refractivity contribution is 5.51. The van der Waals surface area contributed by atoms with Gasteiger partial charge in [-0.1, -0.05) is 24.3 Å². The molecule has 1 rings (SSSR count). The number of nitrogens with two attached hydrogens (primary N) is 1. The summed E-state index contributed by atoms with van der Waals surface area (Å²) in [6.07, 6.45) is 3.61. The maximum absolute atomic E-state index is 5.63. The van der Waals surface area contributed by atoms with Crippen molar-refractivity contribution in [2.24, 2.45) is 0 Å². The van der Waals surface area contributed by atoms with Crippen LogP contribution in [0, 0.1) is 6.42 Å². The molecule has 10 heavy (non-hydrogen) atoms. The molecule has 0 amide bonds. The van der Waals surface area contributed by atoms with E-state index in [0.717, 1.165) is 11.3 Å². The van der Waals surface area contributed by atoms with Gasteiger partial charge in [-0.3, -0.25) is 0 Å². The molecular formula is C9H10N. The van der Waals surface area contributed by atoms with Crippen molar-refractivity contribution in [3.63, 3.8) is 0 Å². The van der Waals surface area contributed by atoms with E-state index < -0.39 is 0 Å². The molecule has 0 saturated carbocycles. The molecule has 1 radical (unpaired) electrons. The second kappa shape index (κ2) is 3.06. The summed E-state index contributed by atoms with van der Waals surface area (Å²) >= 11 is 0. The Hall–Kier alpha value is -1.24. The van der Waals surface area contributed by atoms with Crippen LogP contribution in [0.5, 0.6) is 0 Å². The van der Waals surface area contributed by atoms with E-state index in [1.807, 2.05) is 30.7 Å². The number of rotatable bonds is 2. The lowest BCUT2D eigenvalue weighted by Crippen LogP contribution is -1.89. The number of para-hydroxylation sites is 1. The normalized spacial score (nSPS) is 9.20. The number of allylic oxidation sites excluding steroid dienone is 1. The molecule has 1 nitrogen and oxygen atoms in total. The number of nitrogen functional groups attached to an aromatic ring is 1. The maximum atomic E-state index is 5.63. The first kappa shape index (κ1) is 6.87. The lowest BCUT2D eigenvalue weighted by Gasteiger charge is -1.98. The van der Waals surface area contributed by atoms with Crippen molar-refractivity contribution < 1.29 is 0 Å². The average molecular weight is 132 g/mol. The fourth-order valence-electron chi connectivity index (χ4n) is 0.790. The van der Waals surface area contributed by atoms with Crippen LogP contribution >= 0.6 is 0 Å². The van der Waals surface area contributed by atoms with Gasteiger partial charge in [-0.2, -0.15) is 0 Å². The van der Waals surface area contributed by atoms with Crippen LogP contribution in [-0.4, -0.2) is 0 Å². The fourth-order valence-corrected chi connectivity index (χ4v) is 0.790. The van der Waals surface area contributed by atoms with Crippen LogP contribution in [0.25, 0.3) is 0 Å². The Kier molecular flexibility index (Phi) is 2.11. The second-order valence-corrected chi connectivity index (χ2v) is 2.03. The van der Waals surface area contributed by atoms with E-state index >= 15 is 0 Å². The number of benzene rings is 1. The Morgan fingerprint density at radius 3 is 2.60 bits per heavy atom. The molecule has 0 bridgehead atoms. The minimum atomic E-state index is 0.794. The van der Waals surface area contributed by atoms with Crippen LogP contribution in [0.3, 0.4) is 0 Å². The highest BCUT2D eigenvalue weighted by Crippen LogP contribution is 2.12.